The van der Waals surface area contributed by atoms with Gasteiger partial charge < -0.3 is 24.6 Å². The zero-order chi connectivity index (χ0) is 18.8. The number of nitrogens with one attached hydrogen (secondary N) is 1. The van der Waals surface area contributed by atoms with Gasteiger partial charge in [0.15, 0.2) is 11.5 Å². The van der Waals surface area contributed by atoms with E-state index in [4.69, 9.17) is 9.47 Å². The van der Waals surface area contributed by atoms with Gasteiger partial charge in [0.25, 0.3) is 5.69 Å². The van der Waals surface area contributed by atoms with E-state index in [1.807, 2.05) is 4.90 Å². The molecule has 9 heteroatoms. The third kappa shape index (κ3) is 3.43. The smallest absolute Gasteiger partial charge is 0.321 e. The number of fused-ring (bicyclic) bond motifs is 1. The molecule has 9 nitrogen and oxygen atoms in total. The van der Waals surface area contributed by atoms with Crippen LogP contribution >= 0.6 is 0 Å². The van der Waals surface area contributed by atoms with E-state index in [2.05, 4.69) is 5.32 Å². The minimum Gasteiger partial charge on any atom is -0.454 e. The predicted octanol–water partition coefficient (Wildman–Crippen LogP) is 2.68. The van der Waals surface area contributed by atoms with Crippen LogP contribution in [0.3, 0.4) is 0 Å². The zero-order valence-electron chi connectivity index (χ0n) is 14.5. The standard InChI is InChI=1S/C18H18N4O5/c23-18(19-13-5-6-16-17(11-13)27-12-26-16)21-9-7-20(8-10-21)14-3-1-2-4-15(14)22(24)25/h1-6,11H,7-10,12H2,(H,19,23). The number of amides is 2. The molecule has 0 atom stereocenters. The lowest BCUT2D eigenvalue weighted by molar-refractivity contribution is -0.384. The van der Waals surface area contributed by atoms with Crippen LogP contribution in [0.1, 0.15) is 0 Å². The van der Waals surface area contributed by atoms with Gasteiger partial charge in [0.2, 0.25) is 6.79 Å². The highest BCUT2D eigenvalue weighted by molar-refractivity contribution is 5.90. The lowest BCUT2D eigenvalue weighted by atomic mass is 10.2. The van der Waals surface area contributed by atoms with Crippen LogP contribution in [-0.2, 0) is 0 Å². The Morgan fingerprint density at radius 3 is 2.56 bits per heavy atom. The fourth-order valence-electron chi connectivity index (χ4n) is 3.21. The van der Waals surface area contributed by atoms with Crippen LogP contribution in [0.15, 0.2) is 42.5 Å². The van der Waals surface area contributed by atoms with Gasteiger partial charge in [-0.25, -0.2) is 4.79 Å². The second kappa shape index (κ2) is 7.02. The van der Waals surface area contributed by atoms with Crippen molar-refractivity contribution in [1.82, 2.24) is 4.90 Å². The Morgan fingerprint density at radius 2 is 1.78 bits per heavy atom. The molecular weight excluding hydrogens is 352 g/mol. The number of hydrogen-bond donors (Lipinski definition) is 1. The molecule has 1 saturated heterocycles. The van der Waals surface area contributed by atoms with Crippen molar-refractivity contribution in [2.45, 2.75) is 0 Å². The van der Waals surface area contributed by atoms with E-state index in [-0.39, 0.29) is 23.4 Å². The minimum atomic E-state index is -0.381. The summed E-state index contributed by atoms with van der Waals surface area (Å²) in [5, 5.41) is 14.1. The average molecular weight is 370 g/mol. The van der Waals surface area contributed by atoms with Gasteiger partial charge >= 0.3 is 6.03 Å². The summed E-state index contributed by atoms with van der Waals surface area (Å²) in [7, 11) is 0. The molecule has 0 radical (unpaired) electrons. The second-order valence-corrected chi connectivity index (χ2v) is 6.22. The summed E-state index contributed by atoms with van der Waals surface area (Å²) in [5.41, 5.74) is 1.29. The lowest BCUT2D eigenvalue weighted by Gasteiger charge is -2.35. The number of anilines is 2. The molecule has 2 aliphatic rings. The van der Waals surface area contributed by atoms with E-state index >= 15 is 0 Å². The topological polar surface area (TPSA) is 97.2 Å². The molecule has 27 heavy (non-hydrogen) atoms. The highest BCUT2D eigenvalue weighted by atomic mass is 16.7. The Kier molecular flexibility index (Phi) is 4.41. The number of nitro groups is 1. The van der Waals surface area contributed by atoms with Crippen molar-refractivity contribution in [3.05, 3.63) is 52.6 Å². The second-order valence-electron chi connectivity index (χ2n) is 6.22. The van der Waals surface area contributed by atoms with Gasteiger partial charge in [0.05, 0.1) is 4.92 Å². The van der Waals surface area contributed by atoms with E-state index in [0.717, 1.165) is 0 Å². The number of rotatable bonds is 3. The van der Waals surface area contributed by atoms with E-state index in [9.17, 15) is 14.9 Å². The highest BCUT2D eigenvalue weighted by Crippen LogP contribution is 2.34. The van der Waals surface area contributed by atoms with Gasteiger partial charge in [-0.3, -0.25) is 10.1 Å². The first-order chi connectivity index (χ1) is 13.1. The fourth-order valence-corrected chi connectivity index (χ4v) is 3.21. The fraction of sp³-hybridized carbons (Fsp3) is 0.278. The number of nitrogens with zero attached hydrogens (tertiary/aromatic N) is 3. The number of carbonyl (C=O) groups excluding carboxylic acids is 1. The number of benzene rings is 2. The molecular formula is C18H18N4O5. The van der Waals surface area contributed by atoms with Gasteiger partial charge in [-0.2, -0.15) is 0 Å². The van der Waals surface area contributed by atoms with E-state index in [1.165, 1.54) is 6.07 Å². The molecule has 0 bridgehead atoms. The van der Waals surface area contributed by atoms with Crippen LogP contribution in [-0.4, -0.2) is 48.8 Å². The first-order valence-electron chi connectivity index (χ1n) is 8.56. The zero-order valence-corrected chi connectivity index (χ0v) is 14.5. The normalized spacial score (nSPS) is 15.6. The van der Waals surface area contributed by atoms with E-state index in [1.54, 1.807) is 41.3 Å². The molecule has 2 aromatic carbocycles. The van der Waals surface area contributed by atoms with Gasteiger partial charge in [-0.1, -0.05) is 12.1 Å². The lowest BCUT2D eigenvalue weighted by Crippen LogP contribution is -2.50. The molecule has 1 N–H and O–H groups in total. The molecule has 140 valence electrons. The molecule has 0 saturated carbocycles. The first-order valence-corrected chi connectivity index (χ1v) is 8.56. The summed E-state index contributed by atoms with van der Waals surface area (Å²) in [6.07, 6.45) is 0. The number of carbonyl (C=O) groups is 1. The van der Waals surface area contributed by atoms with Gasteiger partial charge in [0.1, 0.15) is 5.69 Å². The molecule has 2 heterocycles. The minimum absolute atomic E-state index is 0.0794. The van der Waals surface area contributed by atoms with E-state index in [0.29, 0.717) is 49.1 Å². The molecule has 0 unspecified atom stereocenters. The highest BCUT2D eigenvalue weighted by Gasteiger charge is 2.25. The molecule has 2 aliphatic heterocycles. The Morgan fingerprint density at radius 1 is 1.04 bits per heavy atom. The Bertz CT molecular complexity index is 880. The van der Waals surface area contributed by atoms with Crippen molar-refractivity contribution in [3.63, 3.8) is 0 Å². The van der Waals surface area contributed by atoms with Crippen molar-refractivity contribution in [2.24, 2.45) is 0 Å². The van der Waals surface area contributed by atoms with Crippen molar-refractivity contribution in [2.75, 3.05) is 43.2 Å². The maximum Gasteiger partial charge on any atom is 0.321 e. The third-order valence-electron chi connectivity index (χ3n) is 4.61. The Balaban J connectivity index is 1.38. The molecule has 4 rings (SSSR count). The first kappa shape index (κ1) is 17.0. The SMILES string of the molecule is O=C(Nc1ccc2c(c1)OCO2)N1CCN(c2ccccc2[N+](=O)[O-])CC1. The molecule has 2 aromatic rings. The molecule has 0 aliphatic carbocycles. The summed E-state index contributed by atoms with van der Waals surface area (Å²) in [4.78, 5) is 27.0. The number of urea groups is 1. The summed E-state index contributed by atoms with van der Waals surface area (Å²) in [5.74, 6) is 1.26. The maximum atomic E-state index is 12.5. The quantitative estimate of drug-likeness (QED) is 0.659. The molecule has 2 amide bonds. The summed E-state index contributed by atoms with van der Waals surface area (Å²) in [6.45, 7) is 2.18. The van der Waals surface area contributed by atoms with Crippen LogP contribution in [0, 0.1) is 10.1 Å². The Hall–Kier alpha value is -3.49. The molecule has 0 spiro atoms. The molecule has 1 fully saturated rings. The number of hydrogen-bond acceptors (Lipinski definition) is 6. The number of ether oxygens (including phenoxy) is 2. The average Bonchev–Trinajstić information content (AvgIpc) is 3.16. The number of para-hydroxylation sites is 2. The summed E-state index contributed by atoms with van der Waals surface area (Å²) < 4.78 is 10.6. The van der Waals surface area contributed by atoms with Gasteiger partial charge in [0, 0.05) is 44.0 Å². The van der Waals surface area contributed by atoms with Crippen LogP contribution in [0.5, 0.6) is 11.5 Å². The number of piperazine rings is 1. The van der Waals surface area contributed by atoms with Crippen LogP contribution in [0.25, 0.3) is 0 Å². The predicted molar refractivity (Wildman–Crippen MR) is 98.5 cm³/mol. The van der Waals surface area contributed by atoms with Crippen LogP contribution < -0.4 is 19.7 Å². The van der Waals surface area contributed by atoms with E-state index < -0.39 is 0 Å². The van der Waals surface area contributed by atoms with Crippen molar-refractivity contribution in [1.29, 1.82) is 0 Å². The van der Waals surface area contributed by atoms with Gasteiger partial charge in [-0.05, 0) is 18.2 Å². The monoisotopic (exact) mass is 370 g/mol. The van der Waals surface area contributed by atoms with Gasteiger partial charge in [-0.15, -0.1) is 0 Å². The Labute approximate surface area is 155 Å². The van der Waals surface area contributed by atoms with Crippen molar-refractivity contribution in [3.8, 4) is 11.5 Å². The van der Waals surface area contributed by atoms with Crippen molar-refractivity contribution < 1.29 is 19.2 Å². The maximum absolute atomic E-state index is 12.5. The molecule has 0 aromatic heterocycles. The third-order valence-corrected chi connectivity index (χ3v) is 4.61. The summed E-state index contributed by atoms with van der Waals surface area (Å²) >= 11 is 0. The largest absolute Gasteiger partial charge is 0.454 e. The summed E-state index contributed by atoms with van der Waals surface area (Å²) in [6, 6.07) is 11.7. The van der Waals surface area contributed by atoms with Crippen molar-refractivity contribution >= 4 is 23.1 Å². The number of nitro benzene ring substituents is 1. The van der Waals surface area contributed by atoms with Crippen LogP contribution in [0.4, 0.5) is 21.9 Å². The van der Waals surface area contributed by atoms with Crippen LogP contribution in [0.2, 0.25) is 0 Å².